The molecule has 2 heteroatoms. The Balaban J connectivity index is 2.37. The molecular formula is C9H12O2. The number of carbonyl (C=O) groups is 1. The Kier molecular flexibility index (Phi) is 2.47. The summed E-state index contributed by atoms with van der Waals surface area (Å²) in [4.78, 5) is 10.5. The van der Waals surface area contributed by atoms with Gasteiger partial charge in [-0.25, -0.2) is 0 Å². The van der Waals surface area contributed by atoms with Crippen molar-refractivity contribution in [3.05, 3.63) is 24.8 Å². The molecule has 0 saturated carbocycles. The van der Waals surface area contributed by atoms with Crippen molar-refractivity contribution in [1.29, 1.82) is 0 Å². The fraction of sp³-hybridized carbons (Fsp3) is 0.444. The second kappa shape index (κ2) is 3.37. The SMILES string of the molecule is C=C[C@@H]1C=C[C@@H](OC(C)=O)C1. The van der Waals surface area contributed by atoms with Crippen LogP contribution in [0, 0.1) is 5.92 Å². The van der Waals surface area contributed by atoms with E-state index in [4.69, 9.17) is 4.74 Å². The summed E-state index contributed by atoms with van der Waals surface area (Å²) in [5.41, 5.74) is 0. The molecule has 0 spiro atoms. The molecule has 1 rings (SSSR count). The van der Waals surface area contributed by atoms with E-state index in [0.29, 0.717) is 5.92 Å². The van der Waals surface area contributed by atoms with Crippen LogP contribution in [-0.4, -0.2) is 12.1 Å². The highest BCUT2D eigenvalue weighted by atomic mass is 16.5. The quantitative estimate of drug-likeness (QED) is 0.444. The summed E-state index contributed by atoms with van der Waals surface area (Å²) in [5, 5.41) is 0. The van der Waals surface area contributed by atoms with Crippen LogP contribution in [0.3, 0.4) is 0 Å². The van der Waals surface area contributed by atoms with Gasteiger partial charge in [0.05, 0.1) is 0 Å². The van der Waals surface area contributed by atoms with Crippen molar-refractivity contribution < 1.29 is 9.53 Å². The first kappa shape index (κ1) is 8.05. The van der Waals surface area contributed by atoms with Gasteiger partial charge in [0, 0.05) is 6.92 Å². The fourth-order valence-electron chi connectivity index (χ4n) is 1.17. The fourth-order valence-corrected chi connectivity index (χ4v) is 1.17. The van der Waals surface area contributed by atoms with Crippen LogP contribution in [0.1, 0.15) is 13.3 Å². The third-order valence-corrected chi connectivity index (χ3v) is 1.70. The third-order valence-electron chi connectivity index (χ3n) is 1.70. The maximum absolute atomic E-state index is 10.5. The van der Waals surface area contributed by atoms with Gasteiger partial charge in [0.1, 0.15) is 6.10 Å². The Labute approximate surface area is 66.5 Å². The van der Waals surface area contributed by atoms with E-state index in [9.17, 15) is 4.79 Å². The molecule has 0 aromatic heterocycles. The summed E-state index contributed by atoms with van der Waals surface area (Å²) in [6, 6.07) is 0. The molecule has 2 atom stereocenters. The van der Waals surface area contributed by atoms with Crippen LogP contribution in [0.5, 0.6) is 0 Å². The van der Waals surface area contributed by atoms with Gasteiger partial charge in [-0.15, -0.1) is 6.58 Å². The molecule has 0 unspecified atom stereocenters. The van der Waals surface area contributed by atoms with Crippen molar-refractivity contribution in [2.45, 2.75) is 19.4 Å². The van der Waals surface area contributed by atoms with E-state index < -0.39 is 0 Å². The number of rotatable bonds is 2. The molecule has 0 N–H and O–H groups in total. The normalized spacial score (nSPS) is 28.5. The Morgan fingerprint density at radius 2 is 2.45 bits per heavy atom. The largest absolute Gasteiger partial charge is 0.458 e. The molecular weight excluding hydrogens is 140 g/mol. The van der Waals surface area contributed by atoms with Crippen molar-refractivity contribution in [3.63, 3.8) is 0 Å². The van der Waals surface area contributed by atoms with Crippen LogP contribution < -0.4 is 0 Å². The minimum Gasteiger partial charge on any atom is -0.458 e. The lowest BCUT2D eigenvalue weighted by molar-refractivity contribution is -0.144. The van der Waals surface area contributed by atoms with Crippen LogP contribution in [0.15, 0.2) is 24.8 Å². The van der Waals surface area contributed by atoms with Gasteiger partial charge in [0.2, 0.25) is 0 Å². The van der Waals surface area contributed by atoms with Crippen molar-refractivity contribution in [2.24, 2.45) is 5.92 Å². The smallest absolute Gasteiger partial charge is 0.303 e. The van der Waals surface area contributed by atoms with Gasteiger partial charge in [-0.1, -0.05) is 12.2 Å². The van der Waals surface area contributed by atoms with E-state index in [1.807, 2.05) is 18.2 Å². The lowest BCUT2D eigenvalue weighted by Crippen LogP contribution is -2.11. The van der Waals surface area contributed by atoms with Crippen LogP contribution in [-0.2, 0) is 9.53 Å². The molecule has 2 nitrogen and oxygen atoms in total. The highest BCUT2D eigenvalue weighted by molar-refractivity contribution is 5.66. The highest BCUT2D eigenvalue weighted by Gasteiger charge is 2.17. The van der Waals surface area contributed by atoms with Gasteiger partial charge < -0.3 is 4.74 Å². The van der Waals surface area contributed by atoms with Crippen LogP contribution in [0.2, 0.25) is 0 Å². The molecule has 0 aliphatic heterocycles. The van der Waals surface area contributed by atoms with Gasteiger partial charge in [-0.05, 0) is 18.4 Å². The first-order valence-corrected chi connectivity index (χ1v) is 3.70. The average molecular weight is 152 g/mol. The van der Waals surface area contributed by atoms with Gasteiger partial charge in [-0.2, -0.15) is 0 Å². The van der Waals surface area contributed by atoms with Crippen molar-refractivity contribution in [3.8, 4) is 0 Å². The average Bonchev–Trinajstić information content (AvgIpc) is 2.34. The summed E-state index contributed by atoms with van der Waals surface area (Å²) >= 11 is 0. The van der Waals surface area contributed by atoms with Crippen molar-refractivity contribution in [2.75, 3.05) is 0 Å². The second-order valence-corrected chi connectivity index (χ2v) is 2.67. The first-order valence-electron chi connectivity index (χ1n) is 3.70. The van der Waals surface area contributed by atoms with E-state index in [2.05, 4.69) is 6.58 Å². The van der Waals surface area contributed by atoms with Gasteiger partial charge in [0.25, 0.3) is 0 Å². The molecule has 0 fully saturated rings. The lowest BCUT2D eigenvalue weighted by atomic mass is 10.1. The van der Waals surface area contributed by atoms with Crippen LogP contribution in [0.4, 0.5) is 0 Å². The number of carbonyl (C=O) groups excluding carboxylic acids is 1. The summed E-state index contributed by atoms with van der Waals surface area (Å²) in [5.74, 6) is 0.156. The van der Waals surface area contributed by atoms with E-state index >= 15 is 0 Å². The number of allylic oxidation sites excluding steroid dienone is 2. The molecule has 1 aliphatic rings. The lowest BCUT2D eigenvalue weighted by Gasteiger charge is -2.08. The topological polar surface area (TPSA) is 26.3 Å². The molecule has 0 aromatic rings. The number of esters is 1. The van der Waals surface area contributed by atoms with Crippen LogP contribution in [0.25, 0.3) is 0 Å². The van der Waals surface area contributed by atoms with Gasteiger partial charge in [0.15, 0.2) is 0 Å². The molecule has 60 valence electrons. The maximum Gasteiger partial charge on any atom is 0.303 e. The Hall–Kier alpha value is -1.05. The van der Waals surface area contributed by atoms with E-state index in [-0.39, 0.29) is 12.1 Å². The highest BCUT2D eigenvalue weighted by Crippen LogP contribution is 2.20. The molecule has 0 aromatic carbocycles. The number of hydrogen-bond donors (Lipinski definition) is 0. The zero-order chi connectivity index (χ0) is 8.27. The summed E-state index contributed by atoms with van der Waals surface area (Å²) in [6.07, 6.45) is 6.60. The second-order valence-electron chi connectivity index (χ2n) is 2.67. The number of hydrogen-bond acceptors (Lipinski definition) is 2. The minimum absolute atomic E-state index is 0.0319. The summed E-state index contributed by atoms with van der Waals surface area (Å²) < 4.78 is 4.97. The molecule has 0 amide bonds. The maximum atomic E-state index is 10.5. The van der Waals surface area contributed by atoms with E-state index in [0.717, 1.165) is 6.42 Å². The molecule has 0 heterocycles. The minimum atomic E-state index is -0.218. The standard InChI is InChI=1S/C9H12O2/c1-3-8-4-5-9(6-8)11-7(2)10/h3-5,8-9H,1,6H2,2H3/t8-,9-/m1/s1. The molecule has 0 radical (unpaired) electrons. The van der Waals surface area contributed by atoms with Crippen molar-refractivity contribution in [1.82, 2.24) is 0 Å². The van der Waals surface area contributed by atoms with E-state index in [1.165, 1.54) is 6.92 Å². The zero-order valence-electron chi connectivity index (χ0n) is 6.62. The molecule has 11 heavy (non-hydrogen) atoms. The Bertz CT molecular complexity index is 194. The first-order chi connectivity index (χ1) is 5.22. The van der Waals surface area contributed by atoms with Gasteiger partial charge >= 0.3 is 5.97 Å². The van der Waals surface area contributed by atoms with Gasteiger partial charge in [-0.3, -0.25) is 4.79 Å². The summed E-state index contributed by atoms with van der Waals surface area (Å²) in [6.45, 7) is 5.09. The predicted octanol–water partition coefficient (Wildman–Crippen LogP) is 1.68. The summed E-state index contributed by atoms with van der Waals surface area (Å²) in [7, 11) is 0. The Morgan fingerprint density at radius 3 is 2.91 bits per heavy atom. The third kappa shape index (κ3) is 2.22. The Morgan fingerprint density at radius 1 is 1.73 bits per heavy atom. The van der Waals surface area contributed by atoms with E-state index in [1.54, 1.807) is 0 Å². The molecule has 1 aliphatic carbocycles. The van der Waals surface area contributed by atoms with Crippen LogP contribution >= 0.6 is 0 Å². The van der Waals surface area contributed by atoms with Crippen molar-refractivity contribution >= 4 is 5.97 Å². The monoisotopic (exact) mass is 152 g/mol. The predicted molar refractivity (Wildman–Crippen MR) is 43.0 cm³/mol. The zero-order valence-corrected chi connectivity index (χ0v) is 6.62. The number of ether oxygens (including phenoxy) is 1. The molecule has 0 bridgehead atoms. The molecule has 0 saturated heterocycles.